The SMILES string of the molecule is C=[PH-](c1ccc(C(C)(C)C)cc1C(C)(C)C)c1ccc(C(C)(C)C)cc1C(C)(C)C.[Na+]. The van der Waals surface area contributed by atoms with Gasteiger partial charge in [-0.3, -0.25) is 7.55 Å². The van der Waals surface area contributed by atoms with E-state index in [0.29, 0.717) is 0 Å². The van der Waals surface area contributed by atoms with E-state index in [9.17, 15) is 0 Å². The Labute approximate surface area is 216 Å². The third-order valence-electron chi connectivity index (χ3n) is 6.04. The first kappa shape index (κ1) is 28.8. The summed E-state index contributed by atoms with van der Waals surface area (Å²) in [5.41, 5.74) is 6.22. The van der Waals surface area contributed by atoms with Crippen LogP contribution >= 0.6 is 7.55 Å². The number of rotatable bonds is 2. The molecule has 0 saturated heterocycles. The monoisotopic (exact) mass is 447 g/mol. The molecule has 0 saturated carbocycles. The fourth-order valence-electron chi connectivity index (χ4n) is 3.93. The largest absolute Gasteiger partial charge is 1.00 e. The van der Waals surface area contributed by atoms with Gasteiger partial charge in [-0.25, -0.2) is 6.30 Å². The molecule has 0 bridgehead atoms. The Balaban J connectivity index is 0.00000480. The Morgan fingerprint density at radius 3 is 1.03 bits per heavy atom. The van der Waals surface area contributed by atoms with Crippen molar-refractivity contribution in [3.05, 3.63) is 58.7 Å². The zero-order valence-electron chi connectivity index (χ0n) is 22.7. The van der Waals surface area contributed by atoms with Crippen LogP contribution in [0.1, 0.15) is 105 Å². The third-order valence-corrected chi connectivity index (χ3v) is 8.21. The van der Waals surface area contributed by atoms with Gasteiger partial charge in [0, 0.05) is 0 Å². The predicted molar refractivity (Wildman–Crippen MR) is 142 cm³/mol. The Morgan fingerprint density at radius 2 is 0.806 bits per heavy atom. The number of hydrogen-bond acceptors (Lipinski definition) is 0. The van der Waals surface area contributed by atoms with Gasteiger partial charge in [-0.15, -0.1) is 10.6 Å². The first-order chi connectivity index (χ1) is 13.3. The number of benzene rings is 2. The third kappa shape index (κ3) is 6.86. The molecule has 0 amide bonds. The first-order valence-electron chi connectivity index (χ1n) is 11.3. The van der Waals surface area contributed by atoms with Gasteiger partial charge < -0.3 is 0 Å². The summed E-state index contributed by atoms with van der Waals surface area (Å²) in [5.74, 6) is 0. The van der Waals surface area contributed by atoms with Gasteiger partial charge in [-0.1, -0.05) is 131 Å². The van der Waals surface area contributed by atoms with Crippen molar-refractivity contribution in [1.82, 2.24) is 0 Å². The van der Waals surface area contributed by atoms with E-state index < -0.39 is 7.55 Å². The van der Waals surface area contributed by atoms with Crippen LogP contribution in [0.4, 0.5) is 0 Å². The van der Waals surface area contributed by atoms with Gasteiger partial charge in [-0.2, -0.15) is 0 Å². The molecule has 2 rings (SSSR count). The second-order valence-corrected chi connectivity index (χ2v) is 15.0. The van der Waals surface area contributed by atoms with Gasteiger partial charge in [-0.05, 0) is 32.8 Å². The summed E-state index contributed by atoms with van der Waals surface area (Å²) in [4.78, 5) is 0. The van der Waals surface area contributed by atoms with Crippen LogP contribution in [0.25, 0.3) is 0 Å². The van der Waals surface area contributed by atoms with Crippen molar-refractivity contribution in [2.45, 2.75) is 105 Å². The van der Waals surface area contributed by atoms with Crippen LogP contribution in [0.2, 0.25) is 0 Å². The Morgan fingerprint density at radius 1 is 0.516 bits per heavy atom. The van der Waals surface area contributed by atoms with Gasteiger partial charge in [0.25, 0.3) is 0 Å². The molecule has 31 heavy (non-hydrogen) atoms. The zero-order chi connectivity index (χ0) is 23.3. The summed E-state index contributed by atoms with van der Waals surface area (Å²) in [7, 11) is -1.14. The first-order valence-corrected chi connectivity index (χ1v) is 13.0. The van der Waals surface area contributed by atoms with Gasteiger partial charge in [0.15, 0.2) is 0 Å². The summed E-state index contributed by atoms with van der Waals surface area (Å²) in [6.07, 6.45) is 4.81. The zero-order valence-corrected chi connectivity index (χ0v) is 25.7. The number of hydrogen-bond donors (Lipinski definition) is 0. The summed E-state index contributed by atoms with van der Waals surface area (Å²) in [6.45, 7) is 27.8. The summed E-state index contributed by atoms with van der Waals surface area (Å²) >= 11 is 0. The fraction of sp³-hybridized carbons (Fsp3) is 0.552. The molecule has 0 unspecified atom stereocenters. The average Bonchev–Trinajstić information content (AvgIpc) is 2.57. The van der Waals surface area contributed by atoms with E-state index in [4.69, 9.17) is 6.30 Å². The van der Waals surface area contributed by atoms with Crippen molar-refractivity contribution in [2.24, 2.45) is 0 Å². The van der Waals surface area contributed by atoms with Crippen LogP contribution in [0.5, 0.6) is 0 Å². The molecule has 2 aromatic rings. The quantitative estimate of drug-likeness (QED) is 0.470. The summed E-state index contributed by atoms with van der Waals surface area (Å²) in [5, 5.41) is 2.91. The summed E-state index contributed by atoms with van der Waals surface area (Å²) in [6, 6.07) is 14.3. The molecule has 0 atom stereocenters. The molecule has 0 spiro atoms. The van der Waals surface area contributed by atoms with Crippen molar-refractivity contribution < 1.29 is 29.6 Å². The van der Waals surface area contributed by atoms with Crippen LogP contribution in [0.15, 0.2) is 36.4 Å². The minimum Gasteiger partial charge on any atom is -0.258 e. The van der Waals surface area contributed by atoms with Crippen molar-refractivity contribution in [2.75, 3.05) is 0 Å². The normalized spacial score (nSPS) is 13.3. The van der Waals surface area contributed by atoms with E-state index in [1.54, 1.807) is 0 Å². The molecule has 0 heterocycles. The van der Waals surface area contributed by atoms with Gasteiger partial charge >= 0.3 is 29.6 Å². The molecule has 0 radical (unpaired) electrons. The maximum Gasteiger partial charge on any atom is 1.00 e. The van der Waals surface area contributed by atoms with E-state index in [1.807, 2.05) is 0 Å². The fourth-order valence-corrected chi connectivity index (χ4v) is 6.34. The van der Waals surface area contributed by atoms with Crippen LogP contribution < -0.4 is 40.2 Å². The van der Waals surface area contributed by atoms with Gasteiger partial charge in [0.05, 0.1) is 0 Å². The minimum atomic E-state index is -1.14. The molecule has 0 aromatic heterocycles. The van der Waals surface area contributed by atoms with E-state index in [0.717, 1.165) is 0 Å². The van der Waals surface area contributed by atoms with Crippen LogP contribution in [0, 0.1) is 0 Å². The van der Waals surface area contributed by atoms with Crippen molar-refractivity contribution in [3.63, 3.8) is 0 Å². The molecule has 0 N–H and O–H groups in total. The van der Waals surface area contributed by atoms with Gasteiger partial charge in [0.2, 0.25) is 0 Å². The van der Waals surface area contributed by atoms with Crippen LogP contribution in [-0.4, -0.2) is 6.30 Å². The van der Waals surface area contributed by atoms with E-state index >= 15 is 0 Å². The molecule has 2 aromatic carbocycles. The Bertz CT molecular complexity index is 861. The topological polar surface area (TPSA) is 0 Å². The molecule has 0 aliphatic carbocycles. The minimum absolute atomic E-state index is 0. The Kier molecular flexibility index (Phi) is 8.86. The summed E-state index contributed by atoms with van der Waals surface area (Å²) < 4.78 is 0. The molecule has 167 valence electrons. The maximum atomic E-state index is 4.81. The van der Waals surface area contributed by atoms with Crippen LogP contribution in [0.3, 0.4) is 0 Å². The molecular weight excluding hydrogens is 402 g/mol. The molecule has 0 fully saturated rings. The predicted octanol–water partition coefficient (Wildman–Crippen LogP) is 4.48. The van der Waals surface area contributed by atoms with E-state index in [-0.39, 0.29) is 51.2 Å². The standard InChI is InChI=1S/C29H45P.Na/c1-26(2,3)20-14-16-24(22(18-20)28(7,8)9)30(13)25-17-15-21(27(4,5)6)19-23(25)29(10,11)12;/h14-19,30H,13H2,1-12H3;/q-1;+1. The molecule has 2 heteroatoms. The molecule has 0 aliphatic heterocycles. The second kappa shape index (κ2) is 9.54. The van der Waals surface area contributed by atoms with Crippen molar-refractivity contribution in [3.8, 4) is 0 Å². The van der Waals surface area contributed by atoms with Gasteiger partial charge in [0.1, 0.15) is 0 Å². The van der Waals surface area contributed by atoms with Crippen molar-refractivity contribution >= 4 is 24.5 Å². The molecular formula is C29H45NaP. The van der Waals surface area contributed by atoms with Crippen molar-refractivity contribution in [1.29, 1.82) is 0 Å². The smallest absolute Gasteiger partial charge is 0.258 e. The average molecular weight is 448 g/mol. The Hall–Kier alpha value is -0.260. The van der Waals surface area contributed by atoms with Crippen LogP contribution in [-0.2, 0) is 21.7 Å². The van der Waals surface area contributed by atoms with E-state index in [1.165, 1.54) is 32.9 Å². The molecule has 0 aliphatic rings. The second-order valence-electron chi connectivity index (χ2n) is 13.0. The van der Waals surface area contributed by atoms with E-state index in [2.05, 4.69) is 119 Å². The maximum absolute atomic E-state index is 4.81. The molecule has 0 nitrogen and oxygen atoms in total.